The van der Waals surface area contributed by atoms with Gasteiger partial charge in [-0.15, -0.1) is 0 Å². The van der Waals surface area contributed by atoms with Crippen molar-refractivity contribution in [2.75, 3.05) is 29.8 Å². The maximum Gasteiger partial charge on any atom is 0.416 e. The van der Waals surface area contributed by atoms with Gasteiger partial charge in [-0.05, 0) is 75.9 Å². The van der Waals surface area contributed by atoms with Gasteiger partial charge in [-0.25, -0.2) is 13.2 Å². The Morgan fingerprint density at radius 2 is 1.65 bits per heavy atom. The smallest absolute Gasteiger partial charge is 0.416 e. The number of nitrogens with zero attached hydrogens (tertiary/aromatic N) is 2. The Labute approximate surface area is 284 Å². The molecule has 14 heteroatoms. The van der Waals surface area contributed by atoms with E-state index in [9.17, 15) is 36.0 Å². The van der Waals surface area contributed by atoms with E-state index >= 15 is 0 Å². The van der Waals surface area contributed by atoms with Crippen molar-refractivity contribution < 1.29 is 45.4 Å². The summed E-state index contributed by atoms with van der Waals surface area (Å²) in [5.41, 5.74) is -0.789. The molecule has 1 heterocycles. The molecule has 10 nitrogen and oxygen atoms in total. The van der Waals surface area contributed by atoms with E-state index in [4.69, 9.17) is 9.47 Å². The van der Waals surface area contributed by atoms with Crippen molar-refractivity contribution in [1.29, 1.82) is 0 Å². The van der Waals surface area contributed by atoms with Crippen LogP contribution in [0, 0.1) is 0 Å². The van der Waals surface area contributed by atoms with Crippen LogP contribution in [0.1, 0.15) is 61.2 Å². The van der Waals surface area contributed by atoms with Crippen molar-refractivity contribution in [3.8, 4) is 5.75 Å². The van der Waals surface area contributed by atoms with Gasteiger partial charge < -0.3 is 14.8 Å². The van der Waals surface area contributed by atoms with Crippen LogP contribution in [0.15, 0.2) is 72.8 Å². The van der Waals surface area contributed by atoms with Crippen LogP contribution in [0.25, 0.3) is 0 Å². The Hall–Kier alpha value is -4.59. The molecule has 0 spiro atoms. The first kappa shape index (κ1) is 37.2. The number of rotatable bonds is 12. The summed E-state index contributed by atoms with van der Waals surface area (Å²) in [6, 6.07) is 16.4. The standard InChI is InChI=1S/C35H40F3N3O7S/c1-5-47-29-20-26(19-28(21-29)41-15-10-16-49(41,45)46)32(43)39-30(18-24-11-7-6-8-12-24)31(42)23-40(33(44)48-34(2,3)4)22-25-13-9-14-27(17-25)35(36,37)38/h6-9,11-14,17,19-21,30H,5,10,15-16,18,22-23H2,1-4H3,(H,39,43)/t30-/m0/s1. The van der Waals surface area contributed by atoms with Gasteiger partial charge in [0, 0.05) is 24.7 Å². The monoisotopic (exact) mass is 703 g/mol. The third kappa shape index (κ3) is 10.4. The Bertz CT molecular complexity index is 1760. The molecule has 0 saturated carbocycles. The number of anilines is 1. The second kappa shape index (κ2) is 15.3. The molecule has 3 aromatic carbocycles. The molecule has 0 unspecified atom stereocenters. The van der Waals surface area contributed by atoms with Gasteiger partial charge in [0.25, 0.3) is 5.91 Å². The number of benzene rings is 3. The second-order valence-corrected chi connectivity index (χ2v) is 14.6. The summed E-state index contributed by atoms with van der Waals surface area (Å²) in [6.45, 7) is 6.10. The van der Waals surface area contributed by atoms with Crippen LogP contribution >= 0.6 is 0 Å². The predicted octanol–water partition coefficient (Wildman–Crippen LogP) is 5.99. The number of hydrogen-bond donors (Lipinski definition) is 1. The molecular weight excluding hydrogens is 663 g/mol. The van der Waals surface area contributed by atoms with Crippen molar-refractivity contribution in [3.63, 3.8) is 0 Å². The quantitative estimate of drug-likeness (QED) is 0.246. The van der Waals surface area contributed by atoms with Gasteiger partial charge in [0.2, 0.25) is 10.0 Å². The Kier molecular flexibility index (Phi) is 11.6. The molecule has 49 heavy (non-hydrogen) atoms. The lowest BCUT2D eigenvalue weighted by molar-refractivity contribution is -0.137. The summed E-state index contributed by atoms with van der Waals surface area (Å²) in [6.07, 6.45) is -5.10. The van der Waals surface area contributed by atoms with Gasteiger partial charge in [-0.2, -0.15) is 13.2 Å². The van der Waals surface area contributed by atoms with Gasteiger partial charge in [0.15, 0.2) is 5.78 Å². The lowest BCUT2D eigenvalue weighted by Gasteiger charge is -2.29. The summed E-state index contributed by atoms with van der Waals surface area (Å²) in [4.78, 5) is 42.0. The van der Waals surface area contributed by atoms with Gasteiger partial charge >= 0.3 is 12.3 Å². The highest BCUT2D eigenvalue weighted by Crippen LogP contribution is 2.31. The van der Waals surface area contributed by atoms with E-state index in [0.717, 1.165) is 17.0 Å². The number of sulfonamides is 1. The SMILES string of the molecule is CCOc1cc(C(=O)N[C@@H](Cc2ccccc2)C(=O)CN(Cc2cccc(C(F)(F)F)c2)C(=O)OC(C)(C)C)cc(N2CCCS2(=O)=O)c1. The predicted molar refractivity (Wildman–Crippen MR) is 178 cm³/mol. The van der Waals surface area contributed by atoms with Crippen LogP contribution < -0.4 is 14.4 Å². The van der Waals surface area contributed by atoms with Crippen molar-refractivity contribution in [2.24, 2.45) is 0 Å². The Balaban J connectivity index is 1.66. The summed E-state index contributed by atoms with van der Waals surface area (Å²) >= 11 is 0. The number of Topliss-reactive ketones (excluding diaryl/α,β-unsaturated/α-hetero) is 1. The normalized spacial score (nSPS) is 15.0. The number of nitrogens with one attached hydrogen (secondary N) is 1. The molecule has 264 valence electrons. The number of amides is 2. The number of alkyl halides is 3. The summed E-state index contributed by atoms with van der Waals surface area (Å²) in [5, 5.41) is 2.74. The zero-order valence-corrected chi connectivity index (χ0v) is 28.6. The van der Waals surface area contributed by atoms with Crippen LogP contribution in [0.4, 0.5) is 23.7 Å². The van der Waals surface area contributed by atoms with Gasteiger partial charge in [-0.3, -0.25) is 18.8 Å². The highest BCUT2D eigenvalue weighted by atomic mass is 32.2. The second-order valence-electron chi connectivity index (χ2n) is 12.6. The zero-order valence-electron chi connectivity index (χ0n) is 27.7. The average Bonchev–Trinajstić information content (AvgIpc) is 3.38. The first-order chi connectivity index (χ1) is 22.9. The molecule has 3 aromatic rings. The molecule has 0 aromatic heterocycles. The van der Waals surface area contributed by atoms with Crippen molar-refractivity contribution >= 4 is 33.5 Å². The Morgan fingerprint density at radius 1 is 0.959 bits per heavy atom. The summed E-state index contributed by atoms with van der Waals surface area (Å²) in [5.74, 6) is -1.08. The number of ether oxygens (including phenoxy) is 2. The van der Waals surface area contributed by atoms with Crippen LogP contribution in [-0.2, 0) is 38.7 Å². The topological polar surface area (TPSA) is 122 Å². The fourth-order valence-electron chi connectivity index (χ4n) is 5.25. The maximum absolute atomic E-state index is 14.0. The van der Waals surface area contributed by atoms with Crippen LogP contribution in [0.3, 0.4) is 0 Å². The molecule has 1 fully saturated rings. The first-order valence-corrected chi connectivity index (χ1v) is 17.4. The van der Waals surface area contributed by atoms with E-state index < -0.39 is 57.7 Å². The fourth-order valence-corrected chi connectivity index (χ4v) is 6.80. The number of ketones is 1. The number of carbonyl (C=O) groups excluding carboxylic acids is 3. The van der Waals surface area contributed by atoms with Crippen molar-refractivity contribution in [1.82, 2.24) is 10.2 Å². The van der Waals surface area contributed by atoms with E-state index in [2.05, 4.69) is 5.32 Å². The van der Waals surface area contributed by atoms with E-state index in [1.54, 1.807) is 58.0 Å². The first-order valence-electron chi connectivity index (χ1n) is 15.7. The highest BCUT2D eigenvalue weighted by molar-refractivity contribution is 7.93. The summed E-state index contributed by atoms with van der Waals surface area (Å²) < 4.78 is 78.0. The van der Waals surface area contributed by atoms with Gasteiger partial charge in [-0.1, -0.05) is 42.5 Å². The van der Waals surface area contributed by atoms with E-state index in [0.29, 0.717) is 12.0 Å². The minimum Gasteiger partial charge on any atom is -0.494 e. The molecule has 1 aliphatic rings. The molecule has 4 rings (SSSR count). The molecule has 0 bridgehead atoms. The largest absolute Gasteiger partial charge is 0.494 e. The minimum atomic E-state index is -4.62. The number of halogens is 3. The lowest BCUT2D eigenvalue weighted by atomic mass is 10.0. The Morgan fingerprint density at radius 3 is 2.27 bits per heavy atom. The van der Waals surface area contributed by atoms with Crippen LogP contribution in [-0.4, -0.2) is 68.2 Å². The molecule has 0 aliphatic carbocycles. The number of carbonyl (C=O) groups is 3. The van der Waals surface area contributed by atoms with E-state index in [1.807, 2.05) is 0 Å². The fraction of sp³-hybridized carbons (Fsp3) is 0.400. The van der Waals surface area contributed by atoms with Gasteiger partial charge in [0.1, 0.15) is 11.4 Å². The third-order valence-electron chi connectivity index (χ3n) is 7.45. The van der Waals surface area contributed by atoms with Crippen molar-refractivity contribution in [2.45, 2.75) is 64.9 Å². The number of hydrogen-bond acceptors (Lipinski definition) is 7. The lowest BCUT2D eigenvalue weighted by Crippen LogP contribution is -2.48. The van der Waals surface area contributed by atoms with Crippen LogP contribution in [0.2, 0.25) is 0 Å². The summed E-state index contributed by atoms with van der Waals surface area (Å²) in [7, 11) is -3.58. The van der Waals surface area contributed by atoms with E-state index in [-0.39, 0.29) is 54.4 Å². The van der Waals surface area contributed by atoms with Crippen molar-refractivity contribution in [3.05, 3.63) is 95.1 Å². The maximum atomic E-state index is 14.0. The van der Waals surface area contributed by atoms with Crippen LogP contribution in [0.5, 0.6) is 5.75 Å². The van der Waals surface area contributed by atoms with E-state index in [1.165, 1.54) is 34.6 Å². The van der Waals surface area contributed by atoms with Gasteiger partial charge in [0.05, 0.1) is 36.2 Å². The molecular formula is C35H40F3N3O7S. The highest BCUT2D eigenvalue weighted by Gasteiger charge is 2.33. The third-order valence-corrected chi connectivity index (χ3v) is 9.32. The minimum absolute atomic E-state index is 0.0235. The molecule has 2 amide bonds. The molecule has 1 saturated heterocycles. The molecule has 1 aliphatic heterocycles. The average molecular weight is 704 g/mol. The molecule has 0 radical (unpaired) electrons. The zero-order chi connectivity index (χ0) is 36.0. The molecule has 1 N–H and O–H groups in total. The molecule has 1 atom stereocenters.